The molecule has 0 radical (unpaired) electrons. The molecule has 0 aliphatic carbocycles. The van der Waals surface area contributed by atoms with Crippen LogP contribution in [0.25, 0.3) is 0 Å². The summed E-state index contributed by atoms with van der Waals surface area (Å²) in [4.78, 5) is 12.2. The third-order valence-corrected chi connectivity index (χ3v) is 4.24. The minimum absolute atomic E-state index is 0.0630. The molecule has 0 saturated carbocycles. The maximum Gasteiger partial charge on any atom is 0.159 e. The van der Waals surface area contributed by atoms with Crippen molar-refractivity contribution >= 4 is 34.6 Å². The quantitative estimate of drug-likeness (QED) is 0.666. The third kappa shape index (κ3) is 2.46. The average Bonchev–Trinajstić information content (AvgIpc) is 2.73. The van der Waals surface area contributed by atoms with E-state index in [0.717, 1.165) is 4.90 Å². The molecular formula is C12H11NOS2. The Bertz CT molecular complexity index is 506. The van der Waals surface area contributed by atoms with Crippen LogP contribution < -0.4 is 5.73 Å². The molecule has 0 bridgehead atoms. The van der Waals surface area contributed by atoms with Crippen LogP contribution >= 0.6 is 23.1 Å². The smallest absolute Gasteiger partial charge is 0.159 e. The summed E-state index contributed by atoms with van der Waals surface area (Å²) in [5.41, 5.74) is 7.29. The Morgan fingerprint density at radius 2 is 2.19 bits per heavy atom. The van der Waals surface area contributed by atoms with Gasteiger partial charge in [-0.3, -0.25) is 4.79 Å². The molecule has 2 nitrogen and oxygen atoms in total. The lowest BCUT2D eigenvalue weighted by molar-refractivity contribution is 0.101. The highest BCUT2D eigenvalue weighted by molar-refractivity contribution is 8.01. The number of nitrogen functional groups attached to an aromatic ring is 1. The van der Waals surface area contributed by atoms with E-state index in [4.69, 9.17) is 5.73 Å². The summed E-state index contributed by atoms with van der Waals surface area (Å²) in [6, 6.07) is 9.43. The van der Waals surface area contributed by atoms with Gasteiger partial charge in [0.1, 0.15) is 0 Å². The summed E-state index contributed by atoms with van der Waals surface area (Å²) in [5, 5.41) is 2.02. The molecule has 0 fully saturated rings. The lowest BCUT2D eigenvalue weighted by Crippen LogP contribution is -1.95. The number of hydrogen-bond donors (Lipinski definition) is 1. The number of nitrogens with two attached hydrogens (primary N) is 1. The van der Waals surface area contributed by atoms with E-state index in [1.165, 1.54) is 4.21 Å². The van der Waals surface area contributed by atoms with Crippen molar-refractivity contribution in [1.29, 1.82) is 0 Å². The highest BCUT2D eigenvalue weighted by Gasteiger charge is 2.06. The highest BCUT2D eigenvalue weighted by atomic mass is 32.2. The van der Waals surface area contributed by atoms with E-state index in [-0.39, 0.29) is 5.78 Å². The second kappa shape index (κ2) is 4.72. The van der Waals surface area contributed by atoms with Crippen molar-refractivity contribution < 1.29 is 4.79 Å². The molecule has 0 spiro atoms. The van der Waals surface area contributed by atoms with Crippen LogP contribution in [0.2, 0.25) is 0 Å². The zero-order chi connectivity index (χ0) is 11.5. The number of Topliss-reactive ketones (excluding diaryl/α,β-unsaturated/α-hetero) is 1. The fourth-order valence-electron chi connectivity index (χ4n) is 1.27. The van der Waals surface area contributed by atoms with E-state index >= 15 is 0 Å². The van der Waals surface area contributed by atoms with Gasteiger partial charge in [0.2, 0.25) is 0 Å². The van der Waals surface area contributed by atoms with Crippen LogP contribution in [0.5, 0.6) is 0 Å². The topological polar surface area (TPSA) is 43.1 Å². The molecule has 82 valence electrons. The number of rotatable bonds is 3. The van der Waals surface area contributed by atoms with E-state index in [9.17, 15) is 4.79 Å². The summed E-state index contributed by atoms with van der Waals surface area (Å²) in [5.74, 6) is 0.0630. The molecule has 1 heterocycles. The molecular weight excluding hydrogens is 238 g/mol. The van der Waals surface area contributed by atoms with Crippen molar-refractivity contribution in [2.45, 2.75) is 16.0 Å². The largest absolute Gasteiger partial charge is 0.398 e. The first-order valence-corrected chi connectivity index (χ1v) is 6.48. The molecule has 2 N–H and O–H groups in total. The van der Waals surface area contributed by atoms with Gasteiger partial charge in [-0.15, -0.1) is 11.3 Å². The van der Waals surface area contributed by atoms with Crippen LogP contribution in [0, 0.1) is 0 Å². The third-order valence-electron chi connectivity index (χ3n) is 2.13. The van der Waals surface area contributed by atoms with Gasteiger partial charge in [0.05, 0.1) is 4.21 Å². The first-order valence-electron chi connectivity index (χ1n) is 4.78. The fraction of sp³-hybridized carbons (Fsp3) is 0.0833. The predicted octanol–water partition coefficient (Wildman–Crippen LogP) is 3.68. The Morgan fingerprint density at radius 3 is 2.81 bits per heavy atom. The van der Waals surface area contributed by atoms with Gasteiger partial charge >= 0.3 is 0 Å². The molecule has 0 atom stereocenters. The van der Waals surface area contributed by atoms with Gasteiger partial charge in [0, 0.05) is 16.1 Å². The molecule has 0 aliphatic heterocycles. The van der Waals surface area contributed by atoms with E-state index in [1.807, 2.05) is 23.6 Å². The monoisotopic (exact) mass is 249 g/mol. The summed E-state index contributed by atoms with van der Waals surface area (Å²) >= 11 is 3.26. The lowest BCUT2D eigenvalue weighted by atomic mass is 10.1. The molecule has 0 aliphatic rings. The minimum Gasteiger partial charge on any atom is -0.398 e. The Labute approximate surface area is 102 Å². The Hall–Kier alpha value is -1.26. The molecule has 2 rings (SSSR count). The summed E-state index contributed by atoms with van der Waals surface area (Å²) < 4.78 is 1.17. The van der Waals surface area contributed by atoms with Gasteiger partial charge in [-0.1, -0.05) is 17.8 Å². The number of ketones is 1. The lowest BCUT2D eigenvalue weighted by Gasteiger charge is -2.05. The van der Waals surface area contributed by atoms with Crippen molar-refractivity contribution in [2.75, 3.05) is 5.73 Å². The average molecular weight is 249 g/mol. The Balaban J connectivity index is 2.32. The Kier molecular flexibility index (Phi) is 3.31. The van der Waals surface area contributed by atoms with E-state index in [0.29, 0.717) is 11.3 Å². The van der Waals surface area contributed by atoms with Crippen LogP contribution in [0.1, 0.15) is 17.3 Å². The van der Waals surface area contributed by atoms with Crippen molar-refractivity contribution in [3.63, 3.8) is 0 Å². The maximum atomic E-state index is 11.3. The van der Waals surface area contributed by atoms with Crippen LogP contribution in [0.15, 0.2) is 44.8 Å². The summed E-state index contributed by atoms with van der Waals surface area (Å²) in [7, 11) is 0. The molecule has 0 saturated heterocycles. The number of hydrogen-bond acceptors (Lipinski definition) is 4. The number of carbonyl (C=O) groups is 1. The first-order chi connectivity index (χ1) is 7.66. The zero-order valence-electron chi connectivity index (χ0n) is 8.77. The normalized spacial score (nSPS) is 10.3. The van der Waals surface area contributed by atoms with Gasteiger partial charge in [-0.05, 0) is 36.6 Å². The number of carbonyl (C=O) groups excluding carboxylic acids is 1. The number of thiophene rings is 1. The SMILES string of the molecule is CC(=O)c1ccc(N)c(Sc2cccs2)c1. The fourth-order valence-corrected chi connectivity index (χ4v) is 3.08. The van der Waals surface area contributed by atoms with Crippen molar-refractivity contribution in [3.05, 3.63) is 41.3 Å². The number of anilines is 1. The van der Waals surface area contributed by atoms with Crippen LogP contribution in [0.4, 0.5) is 5.69 Å². The van der Waals surface area contributed by atoms with Crippen molar-refractivity contribution in [2.24, 2.45) is 0 Å². The van der Waals surface area contributed by atoms with E-state index in [1.54, 1.807) is 42.2 Å². The van der Waals surface area contributed by atoms with Gasteiger partial charge in [0.15, 0.2) is 5.78 Å². The van der Waals surface area contributed by atoms with Gasteiger partial charge < -0.3 is 5.73 Å². The van der Waals surface area contributed by atoms with Gasteiger partial charge in [-0.2, -0.15) is 0 Å². The minimum atomic E-state index is 0.0630. The first kappa shape index (κ1) is 11.2. The zero-order valence-corrected chi connectivity index (χ0v) is 10.4. The molecule has 1 aromatic carbocycles. The van der Waals surface area contributed by atoms with Crippen molar-refractivity contribution in [3.8, 4) is 0 Å². The summed E-state index contributed by atoms with van der Waals surface area (Å²) in [6.07, 6.45) is 0. The Morgan fingerprint density at radius 1 is 1.38 bits per heavy atom. The molecule has 2 aromatic rings. The van der Waals surface area contributed by atoms with Gasteiger partial charge in [-0.25, -0.2) is 0 Å². The second-order valence-electron chi connectivity index (χ2n) is 3.34. The molecule has 0 unspecified atom stereocenters. The summed E-state index contributed by atoms with van der Waals surface area (Å²) in [6.45, 7) is 1.56. The van der Waals surface area contributed by atoms with Crippen LogP contribution in [-0.4, -0.2) is 5.78 Å². The molecule has 1 aromatic heterocycles. The van der Waals surface area contributed by atoms with Crippen molar-refractivity contribution in [1.82, 2.24) is 0 Å². The number of benzene rings is 1. The standard InChI is InChI=1S/C12H11NOS2/c1-8(14)9-4-5-10(13)11(7-9)16-12-3-2-6-15-12/h2-7H,13H2,1H3. The molecule has 16 heavy (non-hydrogen) atoms. The second-order valence-corrected chi connectivity index (χ2v) is 5.63. The van der Waals surface area contributed by atoms with Gasteiger partial charge in [0.25, 0.3) is 0 Å². The van der Waals surface area contributed by atoms with Crippen LogP contribution in [0.3, 0.4) is 0 Å². The molecule has 0 amide bonds. The van der Waals surface area contributed by atoms with E-state index in [2.05, 4.69) is 0 Å². The van der Waals surface area contributed by atoms with E-state index < -0.39 is 0 Å². The highest BCUT2D eigenvalue weighted by Crippen LogP contribution is 2.35. The molecule has 4 heteroatoms. The van der Waals surface area contributed by atoms with Crippen LogP contribution in [-0.2, 0) is 0 Å². The predicted molar refractivity (Wildman–Crippen MR) is 69.3 cm³/mol. The maximum absolute atomic E-state index is 11.3.